The third kappa shape index (κ3) is 12.1. The van der Waals surface area contributed by atoms with Crippen LogP contribution in [0.15, 0.2) is 54.0 Å². The lowest BCUT2D eigenvalue weighted by Gasteiger charge is -2.14. The van der Waals surface area contributed by atoms with Crippen molar-refractivity contribution >= 4 is 22.9 Å². The summed E-state index contributed by atoms with van der Waals surface area (Å²) in [5.41, 5.74) is 1.83. The van der Waals surface area contributed by atoms with E-state index < -0.39 is 0 Å². The summed E-state index contributed by atoms with van der Waals surface area (Å²) in [6.07, 6.45) is 17.7. The van der Waals surface area contributed by atoms with E-state index in [9.17, 15) is 4.79 Å². The molecule has 0 fully saturated rings. The summed E-state index contributed by atoms with van der Waals surface area (Å²) in [4.78, 5) is 12.8. The lowest BCUT2D eigenvalue weighted by Crippen LogP contribution is -2.34. The third-order valence-corrected chi connectivity index (χ3v) is 8.11. The average molecular weight is 582 g/mol. The van der Waals surface area contributed by atoms with Crippen LogP contribution in [0.1, 0.15) is 94.5 Å². The third-order valence-electron chi connectivity index (χ3n) is 7.28. The molecule has 0 saturated heterocycles. The number of unbranched alkanes of at least 4 members (excludes halogenated alkanes) is 11. The smallest absolute Gasteiger partial charge is 0.262 e. The first-order chi connectivity index (χ1) is 20.1. The van der Waals surface area contributed by atoms with Gasteiger partial charge in [0.2, 0.25) is 5.01 Å². The summed E-state index contributed by atoms with van der Waals surface area (Å²) in [5.74, 6) is 1.62. The number of aryl methyl sites for hydroxylation is 1. The number of aromatic nitrogens is 1. The van der Waals surface area contributed by atoms with Crippen molar-refractivity contribution in [2.45, 2.75) is 97.4 Å². The molecule has 0 aliphatic heterocycles. The number of anilines is 1. The molecule has 0 bridgehead atoms. The minimum absolute atomic E-state index is 0.111. The van der Waals surface area contributed by atoms with Gasteiger partial charge in [0, 0.05) is 18.6 Å². The lowest BCUT2D eigenvalue weighted by atomic mass is 10.1. The summed E-state index contributed by atoms with van der Waals surface area (Å²) < 4.78 is 19.5. The SMILES string of the molecule is CCCCCCCCCCCCCCOc1cc(OC)ccc1OCC(=O)Nc1ccccc1C[n+]1ccsc1C. The number of para-hydroxylation sites is 1. The lowest BCUT2D eigenvalue weighted by molar-refractivity contribution is -0.689. The molecular formula is C34H49N2O4S+. The predicted molar refractivity (Wildman–Crippen MR) is 168 cm³/mol. The van der Waals surface area contributed by atoms with Gasteiger partial charge in [-0.2, -0.15) is 4.57 Å². The van der Waals surface area contributed by atoms with Gasteiger partial charge < -0.3 is 19.5 Å². The van der Waals surface area contributed by atoms with E-state index in [0.717, 1.165) is 24.1 Å². The summed E-state index contributed by atoms with van der Waals surface area (Å²) in [6.45, 7) is 5.56. The Hall–Kier alpha value is -3.06. The van der Waals surface area contributed by atoms with Crippen LogP contribution in [0, 0.1) is 6.92 Å². The highest BCUT2D eigenvalue weighted by Gasteiger charge is 2.15. The summed E-state index contributed by atoms with van der Waals surface area (Å²) in [5, 5.41) is 6.29. The first-order valence-corrected chi connectivity index (χ1v) is 16.2. The van der Waals surface area contributed by atoms with E-state index in [0.29, 0.717) is 30.4 Å². The molecule has 6 nitrogen and oxygen atoms in total. The van der Waals surface area contributed by atoms with Crippen LogP contribution in [0.25, 0.3) is 0 Å². The van der Waals surface area contributed by atoms with Crippen molar-refractivity contribution in [1.82, 2.24) is 0 Å². The minimum Gasteiger partial charge on any atom is -0.497 e. The fourth-order valence-electron chi connectivity index (χ4n) is 4.80. The average Bonchev–Trinajstić information content (AvgIpc) is 3.39. The molecule has 1 amide bonds. The van der Waals surface area contributed by atoms with Crippen molar-refractivity contribution in [3.63, 3.8) is 0 Å². The van der Waals surface area contributed by atoms with Gasteiger partial charge in [0.05, 0.1) is 24.8 Å². The van der Waals surface area contributed by atoms with E-state index in [-0.39, 0.29) is 12.5 Å². The van der Waals surface area contributed by atoms with Gasteiger partial charge in [-0.05, 0) is 24.6 Å². The second-order valence-electron chi connectivity index (χ2n) is 10.6. The maximum absolute atomic E-state index is 12.8. The van der Waals surface area contributed by atoms with Crippen LogP contribution in [0.5, 0.6) is 17.2 Å². The number of hydrogen-bond acceptors (Lipinski definition) is 5. The zero-order chi connectivity index (χ0) is 29.1. The Morgan fingerprint density at radius 2 is 1.54 bits per heavy atom. The van der Waals surface area contributed by atoms with Crippen molar-refractivity contribution in [3.05, 3.63) is 64.6 Å². The fraction of sp³-hybridized carbons (Fsp3) is 0.529. The molecule has 1 aromatic heterocycles. The molecular weight excluding hydrogens is 532 g/mol. The van der Waals surface area contributed by atoms with Crippen LogP contribution >= 0.6 is 11.3 Å². The largest absolute Gasteiger partial charge is 0.497 e. The number of thiazole rings is 1. The van der Waals surface area contributed by atoms with Gasteiger partial charge in [-0.3, -0.25) is 4.79 Å². The summed E-state index contributed by atoms with van der Waals surface area (Å²) in [6, 6.07) is 13.3. The normalized spacial score (nSPS) is 10.9. The Balaban J connectivity index is 1.39. The number of carbonyl (C=O) groups excluding carboxylic acids is 1. The number of nitrogens with zero attached hydrogens (tertiary/aromatic N) is 1. The van der Waals surface area contributed by atoms with Crippen molar-refractivity contribution < 1.29 is 23.6 Å². The Morgan fingerprint density at radius 3 is 2.20 bits per heavy atom. The first-order valence-electron chi connectivity index (χ1n) is 15.4. The predicted octanol–water partition coefficient (Wildman–Crippen LogP) is 8.50. The topological polar surface area (TPSA) is 60.7 Å². The van der Waals surface area contributed by atoms with Gasteiger partial charge in [0.1, 0.15) is 5.75 Å². The number of amides is 1. The zero-order valence-corrected chi connectivity index (χ0v) is 26.1. The Kier molecular flexibility index (Phi) is 15.1. The van der Waals surface area contributed by atoms with Crippen molar-refractivity contribution in [3.8, 4) is 17.2 Å². The first kappa shape index (κ1) is 32.5. The summed E-state index contributed by atoms with van der Waals surface area (Å²) >= 11 is 1.70. The van der Waals surface area contributed by atoms with E-state index in [1.165, 1.54) is 69.2 Å². The second kappa shape index (κ2) is 19.1. The van der Waals surface area contributed by atoms with Crippen LogP contribution in [0.2, 0.25) is 0 Å². The molecule has 0 saturated carbocycles. The molecule has 2 aromatic carbocycles. The highest BCUT2D eigenvalue weighted by Crippen LogP contribution is 2.32. The van der Waals surface area contributed by atoms with Crippen LogP contribution in [0.4, 0.5) is 5.69 Å². The molecule has 0 unspecified atom stereocenters. The molecule has 0 spiro atoms. The standard InChI is InChI=1S/C34H48N2O4S/c1-4-5-6-7-8-9-10-11-12-13-14-17-23-39-33-25-30(38-3)20-21-32(33)40-27-34(37)35-31-19-16-15-18-29(31)26-36-22-24-41-28(36)2/h15-16,18-22,24-25H,4-14,17,23,26-27H2,1-3H3/p+1. The number of nitrogens with one attached hydrogen (secondary N) is 1. The molecule has 7 heteroatoms. The number of ether oxygens (including phenoxy) is 3. The van der Waals surface area contributed by atoms with Gasteiger partial charge in [-0.1, -0.05) is 107 Å². The van der Waals surface area contributed by atoms with E-state index in [4.69, 9.17) is 14.2 Å². The monoisotopic (exact) mass is 581 g/mol. The quantitative estimate of drug-likeness (QED) is 0.101. The van der Waals surface area contributed by atoms with Gasteiger partial charge in [-0.25, -0.2) is 0 Å². The highest BCUT2D eigenvalue weighted by atomic mass is 32.1. The summed E-state index contributed by atoms with van der Waals surface area (Å²) in [7, 11) is 1.63. The molecule has 0 aliphatic rings. The van der Waals surface area contributed by atoms with Crippen LogP contribution in [-0.2, 0) is 11.3 Å². The van der Waals surface area contributed by atoms with Gasteiger partial charge >= 0.3 is 0 Å². The number of benzene rings is 2. The minimum atomic E-state index is -0.216. The van der Waals surface area contributed by atoms with Gasteiger partial charge in [-0.15, -0.1) is 0 Å². The van der Waals surface area contributed by atoms with E-state index >= 15 is 0 Å². The van der Waals surface area contributed by atoms with Gasteiger partial charge in [0.25, 0.3) is 5.91 Å². The Morgan fingerprint density at radius 1 is 0.854 bits per heavy atom. The van der Waals surface area contributed by atoms with Crippen molar-refractivity contribution in [2.24, 2.45) is 0 Å². The second-order valence-corrected chi connectivity index (χ2v) is 11.7. The van der Waals surface area contributed by atoms with Crippen LogP contribution < -0.4 is 24.1 Å². The van der Waals surface area contributed by atoms with E-state index in [1.807, 2.05) is 36.4 Å². The maximum Gasteiger partial charge on any atom is 0.262 e. The number of carbonyl (C=O) groups is 1. The van der Waals surface area contributed by atoms with Crippen LogP contribution in [-0.4, -0.2) is 26.2 Å². The molecule has 0 radical (unpaired) electrons. The molecule has 1 heterocycles. The molecule has 0 atom stereocenters. The number of rotatable bonds is 21. The zero-order valence-electron chi connectivity index (χ0n) is 25.3. The molecule has 1 N–H and O–H groups in total. The van der Waals surface area contributed by atoms with Crippen molar-refractivity contribution in [2.75, 3.05) is 25.6 Å². The Bertz CT molecular complexity index is 1160. The fourth-order valence-corrected chi connectivity index (χ4v) is 5.47. The van der Waals surface area contributed by atoms with Crippen molar-refractivity contribution in [1.29, 1.82) is 0 Å². The van der Waals surface area contributed by atoms with E-state index in [2.05, 4.69) is 35.3 Å². The molecule has 3 aromatic rings. The van der Waals surface area contributed by atoms with E-state index in [1.54, 1.807) is 24.5 Å². The number of hydrogen-bond donors (Lipinski definition) is 1. The Labute approximate surface area is 251 Å². The maximum atomic E-state index is 12.8. The molecule has 0 aliphatic carbocycles. The molecule has 41 heavy (non-hydrogen) atoms. The van der Waals surface area contributed by atoms with Gasteiger partial charge in [0.15, 0.2) is 30.8 Å². The number of methoxy groups -OCH3 is 1. The molecule has 224 valence electrons. The van der Waals surface area contributed by atoms with Crippen LogP contribution in [0.3, 0.4) is 0 Å². The molecule has 3 rings (SSSR count). The highest BCUT2D eigenvalue weighted by molar-refractivity contribution is 7.09.